The number of benzene rings is 4. The number of nitrogens with zero attached hydrogens (tertiary/aromatic N) is 3. The number of aryl methyl sites for hydroxylation is 2. The highest BCUT2D eigenvalue weighted by molar-refractivity contribution is 7.87. The minimum atomic E-state index is -4.85. The van der Waals surface area contributed by atoms with E-state index in [-0.39, 0.29) is 26.3 Å². The Morgan fingerprint density at radius 1 is 0.811 bits per heavy atom. The van der Waals surface area contributed by atoms with E-state index in [1.807, 2.05) is 0 Å². The van der Waals surface area contributed by atoms with Crippen molar-refractivity contribution < 1.29 is 47.9 Å². The Morgan fingerprint density at radius 3 is 1.87 bits per heavy atom. The van der Waals surface area contributed by atoms with Crippen LogP contribution in [-0.2, 0) is 39.6 Å². The van der Waals surface area contributed by atoms with Crippen LogP contribution in [0.15, 0.2) is 101 Å². The molecule has 1 amide bonds. The van der Waals surface area contributed by atoms with E-state index < -0.39 is 68.3 Å². The van der Waals surface area contributed by atoms with Gasteiger partial charge in [0.1, 0.15) is 24.0 Å². The van der Waals surface area contributed by atoms with E-state index in [0.29, 0.717) is 11.8 Å². The number of carbonyl (C=O) groups is 1. The second kappa shape index (κ2) is 14.9. The van der Waals surface area contributed by atoms with Crippen LogP contribution < -0.4 is 14.5 Å². The lowest BCUT2D eigenvalue weighted by molar-refractivity contribution is -0.137. The lowest BCUT2D eigenvalue weighted by Gasteiger charge is -2.29. The van der Waals surface area contributed by atoms with Crippen molar-refractivity contribution in [3.05, 3.63) is 113 Å². The number of nitriles is 1. The van der Waals surface area contributed by atoms with Gasteiger partial charge in [0, 0.05) is 5.69 Å². The van der Waals surface area contributed by atoms with Gasteiger partial charge in [0.05, 0.1) is 39.3 Å². The molecular formula is C36H32F3N3O8S3. The molecule has 0 bridgehead atoms. The minimum Gasteiger partial charge on any atom is -0.491 e. The SMILES string of the molecule is Cc1ccc(S(=O)(=O)OC[C@@H](COc2ccc(N3C(=S)N(c4ccc(C#N)c(C(F)(F)F)c4)C(=O)C3(C)C)cc2)OS(=O)(=O)c2ccc(C)cc2)cc1. The number of amides is 1. The third-order valence-corrected chi connectivity index (χ3v) is 11.2. The molecule has 278 valence electrons. The summed E-state index contributed by atoms with van der Waals surface area (Å²) in [5.41, 5.74) is -1.34. The van der Waals surface area contributed by atoms with E-state index >= 15 is 0 Å². The molecule has 53 heavy (non-hydrogen) atoms. The van der Waals surface area contributed by atoms with Crippen LogP contribution in [0, 0.1) is 25.2 Å². The molecule has 1 aliphatic heterocycles. The van der Waals surface area contributed by atoms with Gasteiger partial charge in [0.2, 0.25) is 0 Å². The minimum absolute atomic E-state index is 0.117. The average molecular weight is 788 g/mol. The molecule has 0 aliphatic carbocycles. The predicted octanol–water partition coefficient (Wildman–Crippen LogP) is 6.67. The number of thiocarbonyl (C=S) groups is 1. The van der Waals surface area contributed by atoms with Crippen molar-refractivity contribution in [3.8, 4) is 11.8 Å². The van der Waals surface area contributed by atoms with Crippen LogP contribution in [-0.4, -0.2) is 52.7 Å². The fourth-order valence-electron chi connectivity index (χ4n) is 5.32. The normalized spacial score (nSPS) is 15.4. The maximum atomic E-state index is 13.7. The summed E-state index contributed by atoms with van der Waals surface area (Å²) in [7, 11) is -8.70. The topological polar surface area (TPSA) is 143 Å². The van der Waals surface area contributed by atoms with Gasteiger partial charge < -0.3 is 9.64 Å². The van der Waals surface area contributed by atoms with Crippen molar-refractivity contribution in [2.24, 2.45) is 0 Å². The molecule has 11 nitrogen and oxygen atoms in total. The number of hydrogen-bond donors (Lipinski definition) is 0. The molecule has 0 spiro atoms. The van der Waals surface area contributed by atoms with Crippen molar-refractivity contribution in [2.75, 3.05) is 23.0 Å². The second-order valence-electron chi connectivity index (χ2n) is 12.5. The quantitative estimate of drug-likeness (QED) is 0.112. The summed E-state index contributed by atoms with van der Waals surface area (Å²) >= 11 is 5.58. The smallest absolute Gasteiger partial charge is 0.417 e. The summed E-state index contributed by atoms with van der Waals surface area (Å²) in [6.45, 7) is 5.44. The van der Waals surface area contributed by atoms with Gasteiger partial charge >= 0.3 is 6.18 Å². The third kappa shape index (κ3) is 8.53. The van der Waals surface area contributed by atoms with Crippen molar-refractivity contribution in [1.82, 2.24) is 0 Å². The van der Waals surface area contributed by atoms with Crippen molar-refractivity contribution in [2.45, 2.75) is 55.3 Å². The molecule has 1 heterocycles. The molecule has 0 saturated carbocycles. The lowest BCUT2D eigenvalue weighted by atomic mass is 10.0. The Balaban J connectivity index is 1.36. The van der Waals surface area contributed by atoms with Crippen LogP contribution in [0.4, 0.5) is 24.5 Å². The first-order valence-electron chi connectivity index (χ1n) is 15.7. The monoisotopic (exact) mass is 787 g/mol. The molecule has 0 radical (unpaired) electrons. The van der Waals surface area contributed by atoms with E-state index in [4.69, 9.17) is 25.3 Å². The molecule has 17 heteroatoms. The fraction of sp³-hybridized carbons (Fsp3) is 0.250. The van der Waals surface area contributed by atoms with Crippen molar-refractivity contribution in [3.63, 3.8) is 0 Å². The summed E-state index contributed by atoms with van der Waals surface area (Å²) in [4.78, 5) is 15.7. The molecule has 0 N–H and O–H groups in total. The van der Waals surface area contributed by atoms with Gasteiger partial charge in [-0.15, -0.1) is 0 Å². The van der Waals surface area contributed by atoms with Crippen molar-refractivity contribution >= 4 is 54.8 Å². The summed E-state index contributed by atoms with van der Waals surface area (Å²) in [6, 6.07) is 22.1. The number of carbonyl (C=O) groups excluding carboxylic acids is 1. The maximum Gasteiger partial charge on any atom is 0.417 e. The molecule has 5 rings (SSSR count). The number of halogens is 3. The Morgan fingerprint density at radius 2 is 1.34 bits per heavy atom. The van der Waals surface area contributed by atoms with Crippen LogP contribution in [0.1, 0.15) is 36.1 Å². The molecule has 1 aliphatic rings. The van der Waals surface area contributed by atoms with Gasteiger partial charge in [-0.3, -0.25) is 18.1 Å². The zero-order chi connectivity index (χ0) is 38.9. The number of hydrogen-bond acceptors (Lipinski definition) is 10. The zero-order valence-electron chi connectivity index (χ0n) is 28.6. The van der Waals surface area contributed by atoms with Gasteiger partial charge in [0.25, 0.3) is 26.1 Å². The maximum absolute atomic E-state index is 13.7. The molecule has 4 aromatic carbocycles. The Labute approximate surface area is 310 Å². The van der Waals surface area contributed by atoms with E-state index in [1.54, 1.807) is 52.0 Å². The van der Waals surface area contributed by atoms with Crippen LogP contribution in [0.2, 0.25) is 0 Å². The number of rotatable bonds is 12. The zero-order valence-corrected chi connectivity index (χ0v) is 31.1. The highest BCUT2D eigenvalue weighted by Gasteiger charge is 2.50. The number of ether oxygens (including phenoxy) is 1. The van der Waals surface area contributed by atoms with Crippen LogP contribution in [0.25, 0.3) is 0 Å². The number of alkyl halides is 3. The molecule has 4 aromatic rings. The Kier molecular flexibility index (Phi) is 11.0. The van der Waals surface area contributed by atoms with Gasteiger partial charge in [-0.05, 0) is 107 Å². The van der Waals surface area contributed by atoms with Gasteiger partial charge in [-0.2, -0.15) is 35.3 Å². The first kappa shape index (κ1) is 39.3. The highest BCUT2D eigenvalue weighted by Crippen LogP contribution is 2.40. The largest absolute Gasteiger partial charge is 0.491 e. The lowest BCUT2D eigenvalue weighted by Crippen LogP contribution is -2.44. The molecular weight excluding hydrogens is 756 g/mol. The Bertz CT molecular complexity index is 2290. The molecule has 1 atom stereocenters. The standard InChI is InChI=1S/C36H32F3N3O8S3/c1-23-5-15-30(16-6-23)52(44,45)49-22-29(50-53(46,47)31-17-7-24(2)8-18-31)21-48-28-13-11-26(12-14-28)42-34(51)41(33(43)35(42,3)4)27-10-9-25(20-40)32(19-27)36(37,38)39/h5-19,29H,21-22H2,1-4H3/t29-/m1/s1. The third-order valence-electron chi connectivity index (χ3n) is 8.18. The van der Waals surface area contributed by atoms with Gasteiger partial charge in [0.15, 0.2) is 5.11 Å². The van der Waals surface area contributed by atoms with Crippen molar-refractivity contribution in [1.29, 1.82) is 5.26 Å². The molecule has 0 unspecified atom stereocenters. The number of anilines is 2. The van der Waals surface area contributed by atoms with E-state index in [0.717, 1.165) is 22.1 Å². The fourth-order valence-corrected chi connectivity index (χ4v) is 7.83. The predicted molar refractivity (Wildman–Crippen MR) is 192 cm³/mol. The molecule has 1 fully saturated rings. The molecule has 1 saturated heterocycles. The van der Waals surface area contributed by atoms with Gasteiger partial charge in [-0.1, -0.05) is 35.4 Å². The van der Waals surface area contributed by atoms with Crippen LogP contribution in [0.3, 0.4) is 0 Å². The van der Waals surface area contributed by atoms with E-state index in [1.165, 1.54) is 65.6 Å². The van der Waals surface area contributed by atoms with E-state index in [9.17, 15) is 40.1 Å². The van der Waals surface area contributed by atoms with Crippen LogP contribution in [0.5, 0.6) is 5.75 Å². The summed E-state index contributed by atoms with van der Waals surface area (Å²) in [5.74, 6) is -0.430. The summed E-state index contributed by atoms with van der Waals surface area (Å²) < 4.78 is 110. The first-order valence-corrected chi connectivity index (χ1v) is 19.0. The Hall–Kier alpha value is -4.86. The summed E-state index contributed by atoms with van der Waals surface area (Å²) in [5, 5.41) is 9.07. The summed E-state index contributed by atoms with van der Waals surface area (Å²) in [6.07, 6.45) is -6.29. The van der Waals surface area contributed by atoms with Crippen LogP contribution >= 0.6 is 12.2 Å². The van der Waals surface area contributed by atoms with E-state index in [2.05, 4.69) is 0 Å². The highest BCUT2D eigenvalue weighted by atomic mass is 32.2. The second-order valence-corrected chi connectivity index (χ2v) is 16.1. The first-order chi connectivity index (χ1) is 24.7. The van der Waals surface area contributed by atoms with Gasteiger partial charge in [-0.25, -0.2) is 0 Å². The average Bonchev–Trinajstić information content (AvgIpc) is 3.28. The molecule has 0 aromatic heterocycles.